The summed E-state index contributed by atoms with van der Waals surface area (Å²) in [5, 5.41) is 60.3. The lowest BCUT2D eigenvalue weighted by Gasteiger charge is -2.43. The van der Waals surface area contributed by atoms with Gasteiger partial charge in [-0.05, 0) is 12.2 Å². The molecular weight excluding hydrogens is 466 g/mol. The fourth-order valence-electron chi connectivity index (χ4n) is 4.14. The average Bonchev–Trinajstić information content (AvgIpc) is 2.82. The second-order valence-electron chi connectivity index (χ2n) is 8.40. The molecule has 0 amide bonds. The molecule has 0 saturated carbocycles. The number of ether oxygens (including phenoxy) is 3. The van der Waals surface area contributed by atoms with E-state index in [1.807, 2.05) is 0 Å². The third-order valence-corrected chi connectivity index (χ3v) is 6.01. The van der Waals surface area contributed by atoms with Gasteiger partial charge in [-0.2, -0.15) is 0 Å². The molecular formula is C23H29NO11. The van der Waals surface area contributed by atoms with E-state index < -0.39 is 67.4 Å². The average molecular weight is 495 g/mol. The van der Waals surface area contributed by atoms with E-state index in [2.05, 4.69) is 6.58 Å². The van der Waals surface area contributed by atoms with E-state index in [0.717, 1.165) is 11.8 Å². The molecule has 0 spiro atoms. The summed E-state index contributed by atoms with van der Waals surface area (Å²) in [4.78, 5) is 23.4. The van der Waals surface area contributed by atoms with Crippen molar-refractivity contribution in [1.29, 1.82) is 0 Å². The first-order chi connectivity index (χ1) is 16.7. The third-order valence-electron chi connectivity index (χ3n) is 6.01. The number of hydrogen-bond donors (Lipinski definition) is 6. The number of rotatable bonds is 9. The first-order valence-corrected chi connectivity index (χ1v) is 10.9. The summed E-state index contributed by atoms with van der Waals surface area (Å²) >= 11 is 0. The standard InChI is InChI=1S/C23H29NO11/c1-2-13-14(6-5-12-4-3-7-24(8-12)9-17(26)27)15(21(31)32)11-33-22(13)35-23-20(30)19(29)18(28)16(10-25)34-23/h2-7,11,13-14,16,18-20,22-23,25,28-30H,1,8-10H2,(H,26,27)(H,31,32). The zero-order chi connectivity index (χ0) is 25.7. The number of aliphatic carboxylic acids is 2. The van der Waals surface area contributed by atoms with Crippen LogP contribution in [0.1, 0.15) is 0 Å². The molecule has 1 saturated heterocycles. The summed E-state index contributed by atoms with van der Waals surface area (Å²) in [5.74, 6) is -4.08. The van der Waals surface area contributed by atoms with E-state index >= 15 is 0 Å². The molecule has 3 aliphatic rings. The topological polar surface area (TPSA) is 190 Å². The Morgan fingerprint density at radius 1 is 1.23 bits per heavy atom. The van der Waals surface area contributed by atoms with Gasteiger partial charge in [-0.1, -0.05) is 18.2 Å². The number of carbonyl (C=O) groups excluding carboxylic acids is 1. The Morgan fingerprint density at radius 3 is 2.60 bits per heavy atom. The summed E-state index contributed by atoms with van der Waals surface area (Å²) in [6.07, 6.45) is 1.98. The zero-order valence-electron chi connectivity index (χ0n) is 18.7. The van der Waals surface area contributed by atoms with Crippen LogP contribution in [0.25, 0.3) is 0 Å². The summed E-state index contributed by atoms with van der Waals surface area (Å²) in [5.41, 5.74) is 0.559. The normalized spacial score (nSPS) is 37.3. The Labute approximate surface area is 200 Å². The second kappa shape index (κ2) is 11.7. The van der Waals surface area contributed by atoms with Gasteiger partial charge in [0.25, 0.3) is 0 Å². The van der Waals surface area contributed by atoms with Crippen LogP contribution in [-0.2, 0) is 23.8 Å². The Balaban J connectivity index is 1.79. The highest BCUT2D eigenvalue weighted by atomic mass is 16.8. The number of nitrogens with one attached hydrogen (secondary N) is 1. The lowest BCUT2D eigenvalue weighted by atomic mass is 9.83. The number of carbonyl (C=O) groups is 2. The van der Waals surface area contributed by atoms with Crippen molar-refractivity contribution in [3.8, 4) is 0 Å². The number of quaternary nitrogens is 1. The van der Waals surface area contributed by atoms with Gasteiger partial charge in [0.15, 0.2) is 12.8 Å². The predicted octanol–water partition coefficient (Wildman–Crippen LogP) is -3.81. The molecule has 9 atom stereocenters. The molecule has 0 aromatic carbocycles. The summed E-state index contributed by atoms with van der Waals surface area (Å²) < 4.78 is 16.4. The molecule has 6 N–H and O–H groups in total. The minimum Gasteiger partial charge on any atom is -0.545 e. The van der Waals surface area contributed by atoms with Crippen LogP contribution in [-0.4, -0.2) is 94.2 Å². The summed E-state index contributed by atoms with van der Waals surface area (Å²) in [7, 11) is 0. The Morgan fingerprint density at radius 2 is 1.97 bits per heavy atom. The van der Waals surface area contributed by atoms with Gasteiger partial charge >= 0.3 is 5.97 Å². The van der Waals surface area contributed by atoms with Crippen molar-refractivity contribution >= 4 is 11.9 Å². The van der Waals surface area contributed by atoms with Crippen LogP contribution in [0.2, 0.25) is 0 Å². The highest BCUT2D eigenvalue weighted by Crippen LogP contribution is 2.35. The Bertz CT molecular complexity index is 924. The SMILES string of the molecule is C=CC1C(OC2OC(CO)C(O)C(O)C2O)OC=C(C(=O)[O-])C1C=CC1=CC=C[NH+](CC(=O)O)C1. The minimum atomic E-state index is -1.68. The molecule has 12 heteroatoms. The van der Waals surface area contributed by atoms with Crippen molar-refractivity contribution in [2.24, 2.45) is 11.8 Å². The molecule has 3 heterocycles. The smallest absolute Gasteiger partial charge is 0.359 e. The zero-order valence-corrected chi connectivity index (χ0v) is 18.7. The van der Waals surface area contributed by atoms with Crippen LogP contribution >= 0.6 is 0 Å². The lowest BCUT2D eigenvalue weighted by Crippen LogP contribution is -3.09. The van der Waals surface area contributed by atoms with E-state index in [1.165, 1.54) is 6.08 Å². The molecule has 0 aromatic rings. The van der Waals surface area contributed by atoms with Gasteiger partial charge in [-0.3, -0.25) is 4.90 Å². The summed E-state index contributed by atoms with van der Waals surface area (Å²) in [6, 6.07) is 0. The van der Waals surface area contributed by atoms with Gasteiger partial charge < -0.3 is 49.6 Å². The van der Waals surface area contributed by atoms with Gasteiger partial charge in [0.2, 0.25) is 6.29 Å². The molecule has 12 nitrogen and oxygen atoms in total. The highest BCUT2D eigenvalue weighted by molar-refractivity contribution is 5.85. The van der Waals surface area contributed by atoms with E-state index in [9.17, 15) is 35.1 Å². The fraction of sp³-hybridized carbons (Fsp3) is 0.478. The predicted molar refractivity (Wildman–Crippen MR) is 115 cm³/mol. The van der Waals surface area contributed by atoms with Crippen LogP contribution in [0.3, 0.4) is 0 Å². The highest BCUT2D eigenvalue weighted by Gasteiger charge is 2.46. The molecule has 0 bridgehead atoms. The van der Waals surface area contributed by atoms with Gasteiger partial charge in [-0.15, -0.1) is 6.58 Å². The molecule has 3 rings (SSSR count). The van der Waals surface area contributed by atoms with Gasteiger partial charge in [-0.25, -0.2) is 4.79 Å². The maximum atomic E-state index is 11.7. The molecule has 35 heavy (non-hydrogen) atoms. The lowest BCUT2D eigenvalue weighted by molar-refractivity contribution is -0.834. The Hall–Kier alpha value is -2.84. The van der Waals surface area contributed by atoms with E-state index in [0.29, 0.717) is 11.4 Å². The monoisotopic (exact) mass is 495 g/mol. The van der Waals surface area contributed by atoms with Crippen molar-refractivity contribution in [3.63, 3.8) is 0 Å². The number of carboxylic acid groups (broad SMARTS) is 2. The van der Waals surface area contributed by atoms with Crippen molar-refractivity contribution < 1.29 is 59.3 Å². The quantitative estimate of drug-likeness (QED) is 0.172. The molecule has 9 unspecified atom stereocenters. The number of carboxylic acids is 2. The summed E-state index contributed by atoms with van der Waals surface area (Å²) in [6.45, 7) is 3.33. The van der Waals surface area contributed by atoms with Crippen molar-refractivity contribution in [3.05, 3.63) is 60.6 Å². The van der Waals surface area contributed by atoms with Gasteiger partial charge in [0.05, 0.1) is 25.0 Å². The molecule has 192 valence electrons. The second-order valence-corrected chi connectivity index (χ2v) is 8.40. The van der Waals surface area contributed by atoms with Crippen molar-refractivity contribution in [2.45, 2.75) is 37.0 Å². The van der Waals surface area contributed by atoms with Crippen LogP contribution in [0.5, 0.6) is 0 Å². The van der Waals surface area contributed by atoms with Gasteiger partial charge in [0, 0.05) is 23.0 Å². The number of hydrogen-bond acceptors (Lipinski definition) is 10. The van der Waals surface area contributed by atoms with E-state index in [1.54, 1.807) is 30.5 Å². The maximum Gasteiger partial charge on any atom is 0.359 e. The van der Waals surface area contributed by atoms with Crippen molar-refractivity contribution in [2.75, 3.05) is 19.7 Å². The maximum absolute atomic E-state index is 11.7. The molecule has 0 aromatic heterocycles. The first kappa shape index (κ1) is 26.8. The largest absolute Gasteiger partial charge is 0.545 e. The van der Waals surface area contributed by atoms with Crippen LogP contribution in [0, 0.1) is 11.8 Å². The fourth-order valence-corrected chi connectivity index (χ4v) is 4.14. The first-order valence-electron chi connectivity index (χ1n) is 10.9. The number of aliphatic hydroxyl groups excluding tert-OH is 4. The minimum absolute atomic E-state index is 0.118. The van der Waals surface area contributed by atoms with E-state index in [4.69, 9.17) is 19.3 Å². The number of aliphatic hydroxyl groups is 4. The van der Waals surface area contributed by atoms with Crippen LogP contribution < -0.4 is 10.0 Å². The Kier molecular flexibility index (Phi) is 8.97. The molecule has 3 aliphatic heterocycles. The molecule has 1 fully saturated rings. The van der Waals surface area contributed by atoms with Crippen LogP contribution in [0.4, 0.5) is 0 Å². The van der Waals surface area contributed by atoms with Gasteiger partial charge in [0.1, 0.15) is 31.0 Å². The van der Waals surface area contributed by atoms with E-state index in [-0.39, 0.29) is 12.1 Å². The molecule has 0 radical (unpaired) electrons. The molecule has 0 aliphatic carbocycles. The van der Waals surface area contributed by atoms with Crippen molar-refractivity contribution in [1.82, 2.24) is 0 Å². The number of allylic oxidation sites excluding steroid dienone is 3. The third kappa shape index (κ3) is 6.24. The van der Waals surface area contributed by atoms with Crippen LogP contribution in [0.15, 0.2) is 60.6 Å².